The third kappa shape index (κ3) is 4.36. The molecule has 4 rings (SSSR count). The molecule has 5 nitrogen and oxygen atoms in total. The van der Waals surface area contributed by atoms with Crippen molar-refractivity contribution in [2.45, 2.75) is 19.4 Å². The van der Waals surface area contributed by atoms with Crippen molar-refractivity contribution in [3.63, 3.8) is 0 Å². The molecule has 1 amide bonds. The summed E-state index contributed by atoms with van der Waals surface area (Å²) in [4.78, 5) is 25.2. The number of benzene rings is 2. The summed E-state index contributed by atoms with van der Waals surface area (Å²) >= 11 is 1.33. The minimum absolute atomic E-state index is 0.0415. The minimum atomic E-state index is -0.486. The normalized spacial score (nSPS) is 12.8. The lowest BCUT2D eigenvalue weighted by Gasteiger charge is -2.10. The van der Waals surface area contributed by atoms with Gasteiger partial charge in [-0.05, 0) is 36.1 Å². The van der Waals surface area contributed by atoms with Crippen LogP contribution in [0, 0.1) is 17.2 Å². The van der Waals surface area contributed by atoms with Gasteiger partial charge in [0.05, 0.1) is 11.6 Å². The first-order valence-corrected chi connectivity index (χ1v) is 10.2. The minimum Gasteiger partial charge on any atom is -0.457 e. The van der Waals surface area contributed by atoms with Crippen LogP contribution in [0.2, 0.25) is 0 Å². The maximum absolute atomic E-state index is 13.0. The first-order valence-electron chi connectivity index (χ1n) is 9.29. The highest BCUT2D eigenvalue weighted by molar-refractivity contribution is 7.15. The van der Waals surface area contributed by atoms with Crippen LogP contribution >= 0.6 is 11.3 Å². The Morgan fingerprint density at radius 3 is 2.48 bits per heavy atom. The molecule has 1 aliphatic rings. The van der Waals surface area contributed by atoms with Gasteiger partial charge in [-0.15, -0.1) is 11.3 Å². The highest BCUT2D eigenvalue weighted by atomic mass is 32.1. The molecule has 1 heterocycles. The number of hydrogen-bond donors (Lipinski definition) is 1. The van der Waals surface area contributed by atoms with Crippen LogP contribution in [0.1, 0.15) is 34.3 Å². The smallest absolute Gasteiger partial charge is 0.342 e. The number of carbonyl (C=O) groups is 2. The SMILES string of the molecule is N#Cc1ccc(COC(=O)c2c(-c3ccccc3)csc2NC(=O)C2CC2)cc1. The zero-order valence-corrected chi connectivity index (χ0v) is 16.4. The predicted molar refractivity (Wildman–Crippen MR) is 111 cm³/mol. The fourth-order valence-electron chi connectivity index (χ4n) is 2.94. The van der Waals surface area contributed by atoms with Crippen molar-refractivity contribution in [1.29, 1.82) is 5.26 Å². The van der Waals surface area contributed by atoms with Gasteiger partial charge in [-0.25, -0.2) is 4.79 Å². The quantitative estimate of drug-likeness (QED) is 0.589. The van der Waals surface area contributed by atoms with E-state index in [2.05, 4.69) is 11.4 Å². The van der Waals surface area contributed by atoms with E-state index in [-0.39, 0.29) is 18.4 Å². The molecule has 0 aliphatic heterocycles. The number of hydrogen-bond acceptors (Lipinski definition) is 5. The molecule has 1 aliphatic carbocycles. The Bertz CT molecular complexity index is 1080. The van der Waals surface area contributed by atoms with Crippen LogP contribution < -0.4 is 5.32 Å². The second-order valence-electron chi connectivity index (χ2n) is 6.87. The third-order valence-corrected chi connectivity index (χ3v) is 5.61. The van der Waals surface area contributed by atoms with Gasteiger partial charge in [0.1, 0.15) is 17.2 Å². The number of esters is 1. The van der Waals surface area contributed by atoms with E-state index < -0.39 is 5.97 Å². The van der Waals surface area contributed by atoms with E-state index in [0.717, 1.165) is 29.5 Å². The molecule has 0 atom stereocenters. The van der Waals surface area contributed by atoms with E-state index in [1.165, 1.54) is 11.3 Å². The number of carbonyl (C=O) groups excluding carboxylic acids is 2. The lowest BCUT2D eigenvalue weighted by molar-refractivity contribution is -0.117. The Balaban J connectivity index is 1.58. The maximum atomic E-state index is 13.0. The molecular formula is C23H18N2O3S. The van der Waals surface area contributed by atoms with Gasteiger partial charge in [-0.2, -0.15) is 5.26 Å². The molecule has 0 unspecified atom stereocenters. The Hall–Kier alpha value is -3.43. The van der Waals surface area contributed by atoms with Gasteiger partial charge < -0.3 is 10.1 Å². The fraction of sp³-hybridized carbons (Fsp3) is 0.174. The number of amides is 1. The van der Waals surface area contributed by atoms with Crippen molar-refractivity contribution in [3.05, 3.63) is 76.7 Å². The molecule has 0 saturated heterocycles. The maximum Gasteiger partial charge on any atom is 0.342 e. The second kappa shape index (κ2) is 8.29. The van der Waals surface area contributed by atoms with Crippen molar-refractivity contribution >= 4 is 28.2 Å². The van der Waals surface area contributed by atoms with Crippen molar-refractivity contribution in [1.82, 2.24) is 0 Å². The van der Waals surface area contributed by atoms with Crippen LogP contribution in [0.5, 0.6) is 0 Å². The summed E-state index contributed by atoms with van der Waals surface area (Å²) in [5, 5.41) is 14.2. The van der Waals surface area contributed by atoms with Gasteiger partial charge in [0.25, 0.3) is 0 Å². The zero-order chi connectivity index (χ0) is 20.2. The van der Waals surface area contributed by atoms with Gasteiger partial charge in [-0.1, -0.05) is 42.5 Å². The van der Waals surface area contributed by atoms with Crippen LogP contribution in [0.15, 0.2) is 60.0 Å². The van der Waals surface area contributed by atoms with E-state index in [1.54, 1.807) is 24.3 Å². The Labute approximate surface area is 172 Å². The summed E-state index contributed by atoms with van der Waals surface area (Å²) in [6.07, 6.45) is 1.78. The summed E-state index contributed by atoms with van der Waals surface area (Å²) in [7, 11) is 0. The lowest BCUT2D eigenvalue weighted by Crippen LogP contribution is -2.15. The van der Waals surface area contributed by atoms with Gasteiger partial charge in [0, 0.05) is 16.9 Å². The molecule has 0 bridgehead atoms. The topological polar surface area (TPSA) is 79.2 Å². The van der Waals surface area contributed by atoms with Crippen LogP contribution in [0.4, 0.5) is 5.00 Å². The molecule has 144 valence electrons. The van der Waals surface area contributed by atoms with E-state index in [4.69, 9.17) is 10.00 Å². The number of rotatable bonds is 6. The summed E-state index contributed by atoms with van der Waals surface area (Å²) in [6, 6.07) is 18.5. The van der Waals surface area contributed by atoms with Crippen molar-refractivity contribution < 1.29 is 14.3 Å². The number of nitrogens with zero attached hydrogens (tertiary/aromatic N) is 1. The first-order chi connectivity index (χ1) is 14.2. The fourth-order valence-corrected chi connectivity index (χ4v) is 3.90. The largest absolute Gasteiger partial charge is 0.457 e. The number of anilines is 1. The summed E-state index contributed by atoms with van der Waals surface area (Å²) in [5.74, 6) is -0.493. The van der Waals surface area contributed by atoms with Gasteiger partial charge >= 0.3 is 5.97 Å². The summed E-state index contributed by atoms with van der Waals surface area (Å²) < 4.78 is 5.54. The average Bonchev–Trinajstić information content (AvgIpc) is 3.54. The third-order valence-electron chi connectivity index (χ3n) is 4.72. The van der Waals surface area contributed by atoms with Crippen molar-refractivity contribution in [3.8, 4) is 17.2 Å². The lowest BCUT2D eigenvalue weighted by atomic mass is 10.0. The summed E-state index contributed by atoms with van der Waals surface area (Å²) in [5.41, 5.74) is 3.35. The van der Waals surface area contributed by atoms with Crippen molar-refractivity contribution in [2.24, 2.45) is 5.92 Å². The standard InChI is InChI=1S/C23H18N2O3S/c24-12-15-6-8-16(9-7-15)13-28-23(27)20-19(17-4-2-1-3-5-17)14-29-22(20)25-21(26)18-10-11-18/h1-9,14,18H,10-11,13H2,(H,25,26). The number of thiophene rings is 1. The molecule has 0 spiro atoms. The van der Waals surface area contributed by atoms with Gasteiger partial charge in [-0.3, -0.25) is 4.79 Å². The average molecular weight is 402 g/mol. The van der Waals surface area contributed by atoms with E-state index in [0.29, 0.717) is 16.1 Å². The van der Waals surface area contributed by atoms with Gasteiger partial charge in [0.15, 0.2) is 0 Å². The molecule has 1 aromatic heterocycles. The zero-order valence-electron chi connectivity index (χ0n) is 15.6. The molecule has 6 heteroatoms. The highest BCUT2D eigenvalue weighted by Gasteiger charge is 2.31. The highest BCUT2D eigenvalue weighted by Crippen LogP contribution is 2.38. The predicted octanol–water partition coefficient (Wildman–Crippen LogP) is 4.99. The van der Waals surface area contributed by atoms with E-state index in [9.17, 15) is 9.59 Å². The molecule has 1 N–H and O–H groups in total. The Morgan fingerprint density at radius 2 is 1.83 bits per heavy atom. The van der Waals surface area contributed by atoms with Crippen LogP contribution in [-0.2, 0) is 16.1 Å². The Morgan fingerprint density at radius 1 is 1.10 bits per heavy atom. The molecule has 1 fully saturated rings. The first kappa shape index (κ1) is 18.9. The van der Waals surface area contributed by atoms with Crippen LogP contribution in [-0.4, -0.2) is 11.9 Å². The second-order valence-corrected chi connectivity index (χ2v) is 7.75. The van der Waals surface area contributed by atoms with Crippen LogP contribution in [0.3, 0.4) is 0 Å². The van der Waals surface area contributed by atoms with E-state index >= 15 is 0 Å². The summed E-state index contributed by atoms with van der Waals surface area (Å²) in [6.45, 7) is 0.0879. The molecule has 29 heavy (non-hydrogen) atoms. The monoisotopic (exact) mass is 402 g/mol. The molecule has 2 aromatic carbocycles. The van der Waals surface area contributed by atoms with Crippen molar-refractivity contribution in [2.75, 3.05) is 5.32 Å². The van der Waals surface area contributed by atoms with Gasteiger partial charge in [0.2, 0.25) is 5.91 Å². The van der Waals surface area contributed by atoms with Crippen LogP contribution in [0.25, 0.3) is 11.1 Å². The number of nitrogens with one attached hydrogen (secondary N) is 1. The molecular weight excluding hydrogens is 384 g/mol. The molecule has 0 radical (unpaired) electrons. The Kier molecular flexibility index (Phi) is 5.41. The molecule has 1 saturated carbocycles. The molecule has 3 aromatic rings. The number of nitriles is 1. The number of ether oxygens (including phenoxy) is 1. The van der Waals surface area contributed by atoms with E-state index in [1.807, 2.05) is 35.7 Å².